The van der Waals surface area contributed by atoms with Crippen LogP contribution in [0.15, 0.2) is 0 Å². The molecule has 0 bridgehead atoms. The lowest BCUT2D eigenvalue weighted by Gasteiger charge is -2.19. The summed E-state index contributed by atoms with van der Waals surface area (Å²) in [4.78, 5) is 21.5. The molecule has 6 heteroatoms. The fourth-order valence-corrected chi connectivity index (χ4v) is 2.99. The molecule has 0 aromatic carbocycles. The number of likely N-dealkylation sites (N-methyl/N-ethyl adjacent to an activating group) is 1. The standard InChI is InChI=1S/C12H19N3O2S/c1-9-10(11(16)17-3)13-12(18-9)15-6-4-5-14(2)7-8-15/h4-8H2,1-3H3. The number of aryl methyl sites for hydroxylation is 1. The van der Waals surface area contributed by atoms with Crippen molar-refractivity contribution >= 4 is 22.4 Å². The predicted molar refractivity (Wildman–Crippen MR) is 72.5 cm³/mol. The van der Waals surface area contributed by atoms with Gasteiger partial charge in [0.2, 0.25) is 0 Å². The molecule has 18 heavy (non-hydrogen) atoms. The second-order valence-electron chi connectivity index (χ2n) is 4.54. The van der Waals surface area contributed by atoms with Gasteiger partial charge in [0.25, 0.3) is 0 Å². The lowest BCUT2D eigenvalue weighted by Crippen LogP contribution is -2.28. The van der Waals surface area contributed by atoms with Crippen molar-refractivity contribution in [2.45, 2.75) is 13.3 Å². The zero-order valence-electron chi connectivity index (χ0n) is 11.1. The van der Waals surface area contributed by atoms with Crippen molar-refractivity contribution in [1.82, 2.24) is 9.88 Å². The normalized spacial score (nSPS) is 17.6. The van der Waals surface area contributed by atoms with Crippen molar-refractivity contribution in [3.05, 3.63) is 10.6 Å². The maximum absolute atomic E-state index is 11.5. The fourth-order valence-electron chi connectivity index (χ4n) is 2.04. The Hall–Kier alpha value is -1.14. The van der Waals surface area contributed by atoms with Crippen LogP contribution in [0.5, 0.6) is 0 Å². The number of aromatic nitrogens is 1. The molecule has 1 aliphatic heterocycles. The molecule has 1 aliphatic rings. The zero-order chi connectivity index (χ0) is 13.1. The van der Waals surface area contributed by atoms with Crippen LogP contribution >= 0.6 is 11.3 Å². The van der Waals surface area contributed by atoms with Gasteiger partial charge >= 0.3 is 5.97 Å². The molecule has 0 radical (unpaired) electrons. The predicted octanol–water partition coefficient (Wildman–Crippen LogP) is 1.38. The number of rotatable bonds is 2. The topological polar surface area (TPSA) is 45.7 Å². The summed E-state index contributed by atoms with van der Waals surface area (Å²) < 4.78 is 4.74. The van der Waals surface area contributed by atoms with Gasteiger partial charge in [-0.2, -0.15) is 0 Å². The Balaban J connectivity index is 2.15. The Kier molecular flexibility index (Phi) is 4.19. The summed E-state index contributed by atoms with van der Waals surface area (Å²) in [5, 5.41) is 0.934. The number of methoxy groups -OCH3 is 1. The summed E-state index contributed by atoms with van der Waals surface area (Å²) in [5.41, 5.74) is 0.454. The summed E-state index contributed by atoms with van der Waals surface area (Å²) >= 11 is 1.57. The van der Waals surface area contributed by atoms with Crippen molar-refractivity contribution < 1.29 is 9.53 Å². The largest absolute Gasteiger partial charge is 0.464 e. The molecule has 5 nitrogen and oxygen atoms in total. The van der Waals surface area contributed by atoms with E-state index in [1.165, 1.54) is 7.11 Å². The van der Waals surface area contributed by atoms with E-state index in [1.807, 2.05) is 6.92 Å². The third-order valence-corrected chi connectivity index (χ3v) is 4.19. The Bertz CT molecular complexity index is 433. The van der Waals surface area contributed by atoms with Crippen LogP contribution in [0.4, 0.5) is 5.13 Å². The maximum atomic E-state index is 11.5. The highest BCUT2D eigenvalue weighted by atomic mass is 32.1. The summed E-state index contributed by atoms with van der Waals surface area (Å²) in [6, 6.07) is 0. The fraction of sp³-hybridized carbons (Fsp3) is 0.667. The van der Waals surface area contributed by atoms with E-state index in [4.69, 9.17) is 4.74 Å². The monoisotopic (exact) mass is 269 g/mol. The highest BCUT2D eigenvalue weighted by Gasteiger charge is 2.20. The van der Waals surface area contributed by atoms with Crippen LogP contribution in [0.25, 0.3) is 0 Å². The first-order valence-electron chi connectivity index (χ1n) is 6.11. The lowest BCUT2D eigenvalue weighted by atomic mass is 10.4. The van der Waals surface area contributed by atoms with Gasteiger partial charge in [0.05, 0.1) is 7.11 Å². The smallest absolute Gasteiger partial charge is 0.357 e. The minimum Gasteiger partial charge on any atom is -0.464 e. The first-order valence-corrected chi connectivity index (χ1v) is 6.92. The zero-order valence-corrected chi connectivity index (χ0v) is 11.9. The molecule has 2 rings (SSSR count). The quantitative estimate of drug-likeness (QED) is 0.759. The van der Waals surface area contributed by atoms with Crippen molar-refractivity contribution in [3.63, 3.8) is 0 Å². The van der Waals surface area contributed by atoms with E-state index in [-0.39, 0.29) is 5.97 Å². The first-order chi connectivity index (χ1) is 8.61. The van der Waals surface area contributed by atoms with Crippen LogP contribution < -0.4 is 4.90 Å². The molecular weight excluding hydrogens is 250 g/mol. The van der Waals surface area contributed by atoms with Gasteiger partial charge in [-0.05, 0) is 26.9 Å². The highest BCUT2D eigenvalue weighted by Crippen LogP contribution is 2.26. The van der Waals surface area contributed by atoms with Crippen LogP contribution in [-0.4, -0.2) is 56.2 Å². The molecule has 0 N–H and O–H groups in total. The summed E-state index contributed by atoms with van der Waals surface area (Å²) in [6.45, 7) is 6.02. The van der Waals surface area contributed by atoms with E-state index in [0.29, 0.717) is 5.69 Å². The molecule has 0 atom stereocenters. The van der Waals surface area contributed by atoms with Crippen molar-refractivity contribution in [2.24, 2.45) is 0 Å². The molecule has 0 spiro atoms. The molecular formula is C12H19N3O2S. The van der Waals surface area contributed by atoms with Crippen LogP contribution in [0, 0.1) is 6.92 Å². The average molecular weight is 269 g/mol. The van der Waals surface area contributed by atoms with Gasteiger partial charge in [-0.1, -0.05) is 0 Å². The molecule has 0 amide bonds. The van der Waals surface area contributed by atoms with Gasteiger partial charge in [-0.3, -0.25) is 0 Å². The molecule has 100 valence electrons. The van der Waals surface area contributed by atoms with E-state index in [9.17, 15) is 4.79 Å². The number of esters is 1. The van der Waals surface area contributed by atoms with Gasteiger partial charge < -0.3 is 14.5 Å². The van der Waals surface area contributed by atoms with Crippen LogP contribution in [-0.2, 0) is 4.74 Å². The molecule has 1 aromatic rings. The number of hydrogen-bond acceptors (Lipinski definition) is 6. The number of nitrogens with zero attached hydrogens (tertiary/aromatic N) is 3. The van der Waals surface area contributed by atoms with Gasteiger partial charge in [-0.25, -0.2) is 9.78 Å². The van der Waals surface area contributed by atoms with Crippen LogP contribution in [0.2, 0.25) is 0 Å². The number of carbonyl (C=O) groups is 1. The second kappa shape index (κ2) is 5.67. The molecule has 0 unspecified atom stereocenters. The van der Waals surface area contributed by atoms with Gasteiger partial charge in [0.15, 0.2) is 10.8 Å². The first kappa shape index (κ1) is 13.3. The van der Waals surface area contributed by atoms with E-state index < -0.39 is 0 Å². The molecule has 1 saturated heterocycles. The van der Waals surface area contributed by atoms with Gasteiger partial charge in [0, 0.05) is 24.5 Å². The van der Waals surface area contributed by atoms with E-state index >= 15 is 0 Å². The third-order valence-electron chi connectivity index (χ3n) is 3.15. The third kappa shape index (κ3) is 2.81. The second-order valence-corrected chi connectivity index (χ2v) is 5.72. The maximum Gasteiger partial charge on any atom is 0.357 e. The molecule has 0 saturated carbocycles. The molecule has 2 heterocycles. The highest BCUT2D eigenvalue weighted by molar-refractivity contribution is 7.15. The average Bonchev–Trinajstić information content (AvgIpc) is 2.60. The van der Waals surface area contributed by atoms with Crippen molar-refractivity contribution in [1.29, 1.82) is 0 Å². The summed E-state index contributed by atoms with van der Waals surface area (Å²) in [7, 11) is 3.53. The Morgan fingerprint density at radius 3 is 2.83 bits per heavy atom. The minimum atomic E-state index is -0.345. The van der Waals surface area contributed by atoms with Crippen molar-refractivity contribution in [2.75, 3.05) is 45.2 Å². The van der Waals surface area contributed by atoms with Gasteiger partial charge in [0.1, 0.15) is 0 Å². The number of ether oxygens (including phenoxy) is 1. The molecule has 0 aliphatic carbocycles. The van der Waals surface area contributed by atoms with Gasteiger partial charge in [-0.15, -0.1) is 11.3 Å². The Labute approximate surface area is 111 Å². The number of hydrogen-bond donors (Lipinski definition) is 0. The number of anilines is 1. The van der Waals surface area contributed by atoms with Crippen molar-refractivity contribution in [3.8, 4) is 0 Å². The van der Waals surface area contributed by atoms with E-state index in [0.717, 1.165) is 42.6 Å². The number of carbonyl (C=O) groups excluding carboxylic acids is 1. The SMILES string of the molecule is COC(=O)c1nc(N2CCCN(C)CC2)sc1C. The Morgan fingerprint density at radius 1 is 1.33 bits per heavy atom. The van der Waals surface area contributed by atoms with E-state index in [1.54, 1.807) is 11.3 Å². The number of thiazole rings is 1. The molecule has 1 aromatic heterocycles. The minimum absolute atomic E-state index is 0.345. The van der Waals surface area contributed by atoms with Crippen LogP contribution in [0.1, 0.15) is 21.8 Å². The Morgan fingerprint density at radius 2 is 2.11 bits per heavy atom. The van der Waals surface area contributed by atoms with Crippen LogP contribution in [0.3, 0.4) is 0 Å². The summed E-state index contributed by atoms with van der Waals surface area (Å²) in [5.74, 6) is -0.345. The van der Waals surface area contributed by atoms with E-state index in [2.05, 4.69) is 21.8 Å². The molecule has 1 fully saturated rings. The lowest BCUT2D eigenvalue weighted by molar-refractivity contribution is 0.0594. The summed E-state index contributed by atoms with van der Waals surface area (Å²) in [6.07, 6.45) is 1.13.